The van der Waals surface area contributed by atoms with E-state index in [2.05, 4.69) is 0 Å². The molecule has 6 heteroatoms. The van der Waals surface area contributed by atoms with Crippen molar-refractivity contribution in [3.05, 3.63) is 34.6 Å². The molecule has 1 fully saturated rings. The van der Waals surface area contributed by atoms with Gasteiger partial charge in [0.2, 0.25) is 5.91 Å². The zero-order chi connectivity index (χ0) is 15.4. The predicted octanol–water partition coefficient (Wildman–Crippen LogP) is 2.58. The van der Waals surface area contributed by atoms with Gasteiger partial charge >= 0.3 is 5.97 Å². The fraction of sp³-hybridized carbons (Fsp3) is 0.467. The van der Waals surface area contributed by atoms with Gasteiger partial charge < -0.3 is 9.64 Å². The summed E-state index contributed by atoms with van der Waals surface area (Å²) >= 11 is 5.94. The van der Waals surface area contributed by atoms with Gasteiger partial charge in [0.05, 0.1) is 13.5 Å². The Morgan fingerprint density at radius 3 is 2.86 bits per heavy atom. The quantitative estimate of drug-likeness (QED) is 0.806. The van der Waals surface area contributed by atoms with Crippen molar-refractivity contribution in [2.45, 2.75) is 31.7 Å². The number of hydrogen-bond acceptors (Lipinski definition) is 3. The normalized spacial score (nSPS) is 18.4. The molecule has 1 heterocycles. The Kier molecular flexibility index (Phi) is 5.17. The van der Waals surface area contributed by atoms with Crippen LogP contribution in [0.25, 0.3) is 0 Å². The van der Waals surface area contributed by atoms with E-state index in [-0.39, 0.29) is 22.9 Å². The Bertz CT molecular complexity index is 529. The van der Waals surface area contributed by atoms with E-state index in [1.807, 2.05) is 0 Å². The van der Waals surface area contributed by atoms with E-state index in [1.165, 1.54) is 24.1 Å². The van der Waals surface area contributed by atoms with Crippen molar-refractivity contribution in [1.29, 1.82) is 0 Å². The van der Waals surface area contributed by atoms with E-state index in [1.54, 1.807) is 6.07 Å². The number of esters is 1. The molecule has 1 aliphatic heterocycles. The molecule has 1 aromatic carbocycles. The van der Waals surface area contributed by atoms with E-state index >= 15 is 0 Å². The molecule has 0 saturated carbocycles. The lowest BCUT2D eigenvalue weighted by Crippen LogP contribution is -2.49. The number of hydrogen-bond donors (Lipinski definition) is 0. The Morgan fingerprint density at radius 2 is 2.19 bits per heavy atom. The van der Waals surface area contributed by atoms with Crippen molar-refractivity contribution in [2.24, 2.45) is 0 Å². The minimum atomic E-state index is -0.582. The lowest BCUT2D eigenvalue weighted by atomic mass is 10.0. The second kappa shape index (κ2) is 6.89. The van der Waals surface area contributed by atoms with Crippen LogP contribution in [0.4, 0.5) is 4.39 Å². The first-order valence-electron chi connectivity index (χ1n) is 6.84. The summed E-state index contributed by atoms with van der Waals surface area (Å²) in [6.45, 7) is 0.477. The fourth-order valence-corrected chi connectivity index (χ4v) is 2.79. The third-order valence-electron chi connectivity index (χ3n) is 3.69. The Labute approximate surface area is 127 Å². The lowest BCUT2D eigenvalue weighted by molar-refractivity contribution is -0.154. The maximum Gasteiger partial charge on any atom is 0.328 e. The second-order valence-corrected chi connectivity index (χ2v) is 5.41. The first-order chi connectivity index (χ1) is 10.0. The molecule has 114 valence electrons. The van der Waals surface area contributed by atoms with E-state index in [9.17, 15) is 14.0 Å². The van der Waals surface area contributed by atoms with Crippen LogP contribution in [0.1, 0.15) is 24.8 Å². The van der Waals surface area contributed by atoms with Crippen LogP contribution in [-0.2, 0) is 20.7 Å². The van der Waals surface area contributed by atoms with Crippen molar-refractivity contribution in [1.82, 2.24) is 4.90 Å². The molecule has 1 atom stereocenters. The van der Waals surface area contributed by atoms with Crippen molar-refractivity contribution >= 4 is 23.5 Å². The van der Waals surface area contributed by atoms with Crippen LogP contribution in [0.15, 0.2) is 18.2 Å². The molecule has 1 aromatic rings. The van der Waals surface area contributed by atoms with Crippen LogP contribution in [0.5, 0.6) is 0 Å². The van der Waals surface area contributed by atoms with E-state index < -0.39 is 17.8 Å². The lowest BCUT2D eigenvalue weighted by Gasteiger charge is -2.34. The van der Waals surface area contributed by atoms with Crippen molar-refractivity contribution in [2.75, 3.05) is 13.7 Å². The molecule has 0 spiro atoms. The summed E-state index contributed by atoms with van der Waals surface area (Å²) < 4.78 is 18.5. The molecule has 21 heavy (non-hydrogen) atoms. The average molecular weight is 314 g/mol. The first-order valence-corrected chi connectivity index (χ1v) is 7.22. The smallest absolute Gasteiger partial charge is 0.328 e. The molecular formula is C15H17ClFNO3. The van der Waals surface area contributed by atoms with Crippen LogP contribution >= 0.6 is 11.6 Å². The SMILES string of the molecule is COC(=O)C1CCCCN1C(=O)Cc1c(F)cccc1Cl. The third kappa shape index (κ3) is 3.53. The van der Waals surface area contributed by atoms with Gasteiger partial charge in [-0.05, 0) is 31.4 Å². The number of methoxy groups -OCH3 is 1. The molecule has 1 unspecified atom stereocenters. The molecule has 0 N–H and O–H groups in total. The van der Waals surface area contributed by atoms with E-state index in [0.717, 1.165) is 12.8 Å². The number of benzene rings is 1. The number of carbonyl (C=O) groups is 2. The van der Waals surface area contributed by atoms with Gasteiger partial charge in [-0.15, -0.1) is 0 Å². The van der Waals surface area contributed by atoms with Crippen LogP contribution in [-0.4, -0.2) is 36.5 Å². The fourth-order valence-electron chi connectivity index (χ4n) is 2.57. The molecule has 1 saturated heterocycles. The monoisotopic (exact) mass is 313 g/mol. The maximum absolute atomic E-state index is 13.8. The molecule has 2 rings (SSSR count). The Hall–Kier alpha value is -1.62. The molecule has 4 nitrogen and oxygen atoms in total. The minimum Gasteiger partial charge on any atom is -0.467 e. The highest BCUT2D eigenvalue weighted by atomic mass is 35.5. The van der Waals surface area contributed by atoms with Gasteiger partial charge in [0.25, 0.3) is 0 Å². The van der Waals surface area contributed by atoms with E-state index in [4.69, 9.17) is 16.3 Å². The minimum absolute atomic E-state index is 0.154. The average Bonchev–Trinajstić information content (AvgIpc) is 2.50. The summed E-state index contributed by atoms with van der Waals surface area (Å²) in [4.78, 5) is 25.6. The number of piperidine rings is 1. The summed E-state index contributed by atoms with van der Waals surface area (Å²) in [5.41, 5.74) is 0.165. The Morgan fingerprint density at radius 1 is 1.43 bits per heavy atom. The largest absolute Gasteiger partial charge is 0.467 e. The van der Waals surface area contributed by atoms with Crippen LogP contribution in [0.2, 0.25) is 5.02 Å². The number of ether oxygens (including phenoxy) is 1. The van der Waals surface area contributed by atoms with Gasteiger partial charge in [-0.3, -0.25) is 4.79 Å². The second-order valence-electron chi connectivity index (χ2n) is 5.00. The van der Waals surface area contributed by atoms with Crippen LogP contribution < -0.4 is 0 Å². The summed E-state index contributed by atoms with van der Waals surface area (Å²) in [6, 6.07) is 3.72. The molecule has 0 aromatic heterocycles. The number of amides is 1. The van der Waals surface area contributed by atoms with Crippen LogP contribution in [0, 0.1) is 5.82 Å². The highest BCUT2D eigenvalue weighted by Crippen LogP contribution is 2.23. The van der Waals surface area contributed by atoms with Gasteiger partial charge in [-0.25, -0.2) is 9.18 Å². The molecule has 0 aliphatic carbocycles. The van der Waals surface area contributed by atoms with Gasteiger partial charge in [0, 0.05) is 17.1 Å². The zero-order valence-electron chi connectivity index (χ0n) is 11.8. The molecule has 0 radical (unpaired) electrons. The highest BCUT2D eigenvalue weighted by molar-refractivity contribution is 6.31. The summed E-state index contributed by atoms with van der Waals surface area (Å²) in [7, 11) is 1.30. The Balaban J connectivity index is 2.16. The maximum atomic E-state index is 13.8. The summed E-state index contributed by atoms with van der Waals surface area (Å²) in [5, 5.41) is 0.218. The van der Waals surface area contributed by atoms with Crippen molar-refractivity contribution < 1.29 is 18.7 Å². The number of nitrogens with zero attached hydrogens (tertiary/aromatic N) is 1. The molecule has 0 bridgehead atoms. The number of likely N-dealkylation sites (tertiary alicyclic amines) is 1. The number of halogens is 2. The highest BCUT2D eigenvalue weighted by Gasteiger charge is 2.33. The topological polar surface area (TPSA) is 46.6 Å². The van der Waals surface area contributed by atoms with Crippen molar-refractivity contribution in [3.8, 4) is 0 Å². The van der Waals surface area contributed by atoms with Crippen molar-refractivity contribution in [3.63, 3.8) is 0 Å². The predicted molar refractivity (Wildman–Crippen MR) is 76.5 cm³/mol. The summed E-state index contributed by atoms with van der Waals surface area (Å²) in [6.07, 6.45) is 2.11. The standard InChI is InChI=1S/C15H17ClFNO3/c1-21-15(20)13-7-2-3-8-18(13)14(19)9-10-11(16)5-4-6-12(10)17/h4-6,13H,2-3,7-9H2,1H3. The number of rotatable bonds is 3. The summed E-state index contributed by atoms with van der Waals surface area (Å²) in [5.74, 6) is -1.25. The first kappa shape index (κ1) is 15.8. The van der Waals surface area contributed by atoms with Crippen LogP contribution in [0.3, 0.4) is 0 Å². The number of carbonyl (C=O) groups excluding carboxylic acids is 2. The van der Waals surface area contributed by atoms with E-state index in [0.29, 0.717) is 13.0 Å². The van der Waals surface area contributed by atoms with Gasteiger partial charge in [-0.2, -0.15) is 0 Å². The van der Waals surface area contributed by atoms with Gasteiger partial charge in [-0.1, -0.05) is 17.7 Å². The molecule has 1 aliphatic rings. The zero-order valence-corrected chi connectivity index (χ0v) is 12.5. The third-order valence-corrected chi connectivity index (χ3v) is 4.04. The van der Waals surface area contributed by atoms with Gasteiger partial charge in [0.1, 0.15) is 11.9 Å². The molecule has 1 amide bonds. The van der Waals surface area contributed by atoms with Gasteiger partial charge in [0.15, 0.2) is 0 Å². The molecular weight excluding hydrogens is 297 g/mol.